The second-order valence-electron chi connectivity index (χ2n) is 5.39. The minimum Gasteiger partial charge on any atom is -0.393 e. The van der Waals surface area contributed by atoms with E-state index in [1.165, 1.54) is 0 Å². The van der Waals surface area contributed by atoms with Gasteiger partial charge in [-0.15, -0.1) is 0 Å². The zero-order valence-electron chi connectivity index (χ0n) is 11.7. The first kappa shape index (κ1) is 16.4. The fourth-order valence-corrected chi connectivity index (χ4v) is 1.95. The molecule has 0 aromatic carbocycles. The molecule has 0 fully saturated rings. The van der Waals surface area contributed by atoms with Gasteiger partial charge in [0.15, 0.2) is 0 Å². The molecule has 0 heterocycles. The van der Waals surface area contributed by atoms with Gasteiger partial charge in [-0.05, 0) is 33.6 Å². The van der Waals surface area contributed by atoms with Crippen LogP contribution in [0.5, 0.6) is 0 Å². The fourth-order valence-electron chi connectivity index (χ4n) is 1.86. The number of nitrogens with two attached hydrogens (primary N) is 1. The van der Waals surface area contributed by atoms with Gasteiger partial charge in [-0.1, -0.05) is 26.1 Å². The standard InChI is InChI=1S/C13H26N2OS/c1-6-10(7-2)12(16)15(13(3,4)5)9-8-11(14)17/h10H,6-9H2,1-5H3,(H2,14,17). The molecule has 100 valence electrons. The van der Waals surface area contributed by atoms with Crippen LogP contribution >= 0.6 is 12.2 Å². The van der Waals surface area contributed by atoms with Crippen molar-refractivity contribution >= 4 is 23.1 Å². The van der Waals surface area contributed by atoms with E-state index in [4.69, 9.17) is 18.0 Å². The molecule has 2 N–H and O–H groups in total. The Hall–Kier alpha value is -0.640. The maximum Gasteiger partial charge on any atom is 0.226 e. The summed E-state index contributed by atoms with van der Waals surface area (Å²) in [4.78, 5) is 14.8. The van der Waals surface area contributed by atoms with E-state index in [0.717, 1.165) is 12.8 Å². The number of amides is 1. The summed E-state index contributed by atoms with van der Waals surface area (Å²) in [6, 6.07) is 0. The van der Waals surface area contributed by atoms with Crippen molar-refractivity contribution in [1.29, 1.82) is 0 Å². The highest BCUT2D eigenvalue weighted by molar-refractivity contribution is 7.80. The summed E-state index contributed by atoms with van der Waals surface area (Å²) in [7, 11) is 0. The molecular formula is C13H26N2OS. The first-order valence-electron chi connectivity index (χ1n) is 6.33. The molecule has 0 radical (unpaired) electrons. The molecule has 17 heavy (non-hydrogen) atoms. The van der Waals surface area contributed by atoms with E-state index in [9.17, 15) is 4.79 Å². The third-order valence-corrected chi connectivity index (χ3v) is 3.20. The topological polar surface area (TPSA) is 46.3 Å². The van der Waals surface area contributed by atoms with Crippen LogP contribution < -0.4 is 5.73 Å². The second kappa shape index (κ2) is 6.94. The quantitative estimate of drug-likeness (QED) is 0.745. The van der Waals surface area contributed by atoms with Gasteiger partial charge in [-0.2, -0.15) is 0 Å². The zero-order chi connectivity index (χ0) is 13.6. The zero-order valence-corrected chi connectivity index (χ0v) is 12.6. The first-order valence-corrected chi connectivity index (χ1v) is 6.74. The largest absolute Gasteiger partial charge is 0.393 e. The monoisotopic (exact) mass is 258 g/mol. The molecule has 0 aliphatic rings. The van der Waals surface area contributed by atoms with Gasteiger partial charge < -0.3 is 10.6 Å². The minimum absolute atomic E-state index is 0.112. The van der Waals surface area contributed by atoms with E-state index in [-0.39, 0.29) is 17.4 Å². The lowest BCUT2D eigenvalue weighted by molar-refractivity contribution is -0.140. The van der Waals surface area contributed by atoms with E-state index in [0.29, 0.717) is 18.0 Å². The van der Waals surface area contributed by atoms with Crippen molar-refractivity contribution in [3.8, 4) is 0 Å². The molecule has 0 rings (SSSR count). The van der Waals surface area contributed by atoms with Crippen molar-refractivity contribution in [1.82, 2.24) is 4.90 Å². The number of carbonyl (C=O) groups is 1. The Morgan fingerprint density at radius 1 is 1.29 bits per heavy atom. The average Bonchev–Trinajstić information content (AvgIpc) is 2.17. The number of carbonyl (C=O) groups excluding carboxylic acids is 1. The smallest absolute Gasteiger partial charge is 0.226 e. The van der Waals surface area contributed by atoms with Gasteiger partial charge in [0, 0.05) is 24.4 Å². The molecule has 3 nitrogen and oxygen atoms in total. The summed E-state index contributed by atoms with van der Waals surface area (Å²) in [6.07, 6.45) is 2.36. The van der Waals surface area contributed by atoms with Gasteiger partial charge in [0.1, 0.15) is 0 Å². The normalized spacial score (nSPS) is 11.6. The van der Waals surface area contributed by atoms with E-state index >= 15 is 0 Å². The summed E-state index contributed by atoms with van der Waals surface area (Å²) in [6.45, 7) is 10.9. The Labute approximate surface area is 111 Å². The van der Waals surface area contributed by atoms with E-state index in [1.807, 2.05) is 25.7 Å². The lowest BCUT2D eigenvalue weighted by atomic mass is 9.97. The van der Waals surface area contributed by atoms with E-state index in [1.54, 1.807) is 0 Å². The average molecular weight is 258 g/mol. The van der Waals surface area contributed by atoms with E-state index < -0.39 is 0 Å². The van der Waals surface area contributed by atoms with Crippen LogP contribution in [0.1, 0.15) is 53.9 Å². The van der Waals surface area contributed by atoms with Crippen LogP contribution in [0.3, 0.4) is 0 Å². The van der Waals surface area contributed by atoms with Crippen molar-refractivity contribution in [3.05, 3.63) is 0 Å². The van der Waals surface area contributed by atoms with Gasteiger partial charge in [-0.3, -0.25) is 4.79 Å². The molecule has 0 spiro atoms. The van der Waals surface area contributed by atoms with Crippen LogP contribution in [0.15, 0.2) is 0 Å². The van der Waals surface area contributed by atoms with E-state index in [2.05, 4.69) is 13.8 Å². The van der Waals surface area contributed by atoms with Crippen LogP contribution in [0, 0.1) is 5.92 Å². The lowest BCUT2D eigenvalue weighted by Gasteiger charge is -2.38. The summed E-state index contributed by atoms with van der Waals surface area (Å²) in [5.41, 5.74) is 5.34. The highest BCUT2D eigenvalue weighted by Crippen LogP contribution is 2.20. The van der Waals surface area contributed by atoms with Crippen LogP contribution in [-0.2, 0) is 4.79 Å². The molecule has 0 saturated heterocycles. The molecule has 0 bridgehead atoms. The maximum absolute atomic E-state index is 12.4. The summed E-state index contributed by atoms with van der Waals surface area (Å²) < 4.78 is 0. The lowest BCUT2D eigenvalue weighted by Crippen LogP contribution is -2.49. The van der Waals surface area contributed by atoms with Crippen molar-refractivity contribution in [2.45, 2.75) is 59.4 Å². The number of hydrogen-bond donors (Lipinski definition) is 1. The van der Waals surface area contributed by atoms with Crippen LogP contribution in [-0.4, -0.2) is 27.9 Å². The first-order chi connectivity index (χ1) is 7.73. The van der Waals surface area contributed by atoms with Gasteiger partial charge >= 0.3 is 0 Å². The maximum atomic E-state index is 12.4. The van der Waals surface area contributed by atoms with Crippen LogP contribution in [0.2, 0.25) is 0 Å². The minimum atomic E-state index is -0.176. The summed E-state index contributed by atoms with van der Waals surface area (Å²) >= 11 is 4.89. The van der Waals surface area contributed by atoms with Crippen LogP contribution in [0.4, 0.5) is 0 Å². The fraction of sp³-hybridized carbons (Fsp3) is 0.846. The third-order valence-electron chi connectivity index (χ3n) is 2.99. The molecule has 1 amide bonds. The van der Waals surface area contributed by atoms with Crippen LogP contribution in [0.25, 0.3) is 0 Å². The Morgan fingerprint density at radius 2 is 1.76 bits per heavy atom. The number of nitrogens with zero attached hydrogens (tertiary/aromatic N) is 1. The second-order valence-corrected chi connectivity index (χ2v) is 5.91. The van der Waals surface area contributed by atoms with Crippen molar-refractivity contribution in [2.75, 3.05) is 6.54 Å². The number of rotatable bonds is 6. The summed E-state index contributed by atoms with van der Waals surface area (Å²) in [5.74, 6) is 0.333. The number of thiocarbonyl (C=S) groups is 1. The van der Waals surface area contributed by atoms with Gasteiger partial charge in [0.05, 0.1) is 4.99 Å². The molecule has 0 saturated carbocycles. The molecule has 0 aromatic heterocycles. The Balaban J connectivity index is 4.80. The highest BCUT2D eigenvalue weighted by Gasteiger charge is 2.29. The molecule has 0 unspecified atom stereocenters. The molecular weight excluding hydrogens is 232 g/mol. The Bertz CT molecular complexity index is 267. The highest BCUT2D eigenvalue weighted by atomic mass is 32.1. The SMILES string of the molecule is CCC(CC)C(=O)N(CCC(N)=S)C(C)(C)C. The van der Waals surface area contributed by atoms with Crippen molar-refractivity contribution in [2.24, 2.45) is 11.7 Å². The third kappa shape index (κ3) is 5.48. The number of hydrogen-bond acceptors (Lipinski definition) is 2. The van der Waals surface area contributed by atoms with Gasteiger partial charge in [0.25, 0.3) is 0 Å². The predicted molar refractivity (Wildman–Crippen MR) is 76.9 cm³/mol. The molecule has 0 aliphatic carbocycles. The molecule has 0 aliphatic heterocycles. The van der Waals surface area contributed by atoms with Gasteiger partial charge in [0.2, 0.25) is 5.91 Å². The van der Waals surface area contributed by atoms with Crippen molar-refractivity contribution < 1.29 is 4.79 Å². The van der Waals surface area contributed by atoms with Crippen molar-refractivity contribution in [3.63, 3.8) is 0 Å². The molecule has 0 atom stereocenters. The predicted octanol–water partition coefficient (Wildman–Crippen LogP) is 2.73. The van der Waals surface area contributed by atoms with Gasteiger partial charge in [-0.25, -0.2) is 0 Å². The molecule has 0 aromatic rings. The molecule has 4 heteroatoms. The Morgan fingerprint density at radius 3 is 2.06 bits per heavy atom. The Kier molecular flexibility index (Phi) is 6.68. The summed E-state index contributed by atoms with van der Waals surface area (Å²) in [5, 5.41) is 0.